The number of aliphatic carboxylic acids is 1. The molecule has 1 aromatic heterocycles. The molecule has 0 saturated carbocycles. The molecule has 132 valence electrons. The van der Waals surface area contributed by atoms with Crippen LogP contribution in [0.25, 0.3) is 0 Å². The molecule has 8 heteroatoms. The Morgan fingerprint density at radius 2 is 2.08 bits per heavy atom. The van der Waals surface area contributed by atoms with Crippen molar-refractivity contribution in [3.63, 3.8) is 0 Å². The normalized spacial score (nSPS) is 11.3. The van der Waals surface area contributed by atoms with E-state index in [1.807, 2.05) is 6.07 Å². The third-order valence-electron chi connectivity index (χ3n) is 2.55. The first kappa shape index (κ1) is 20.2. The maximum Gasteiger partial charge on any atom is 0.410 e. The van der Waals surface area contributed by atoms with Crippen molar-refractivity contribution in [2.75, 3.05) is 19.7 Å². The lowest BCUT2D eigenvalue weighted by atomic mass is 10.2. The number of aromatic nitrogens is 1. The van der Waals surface area contributed by atoms with E-state index < -0.39 is 17.7 Å². The summed E-state index contributed by atoms with van der Waals surface area (Å²) < 4.78 is 11.8. The molecule has 0 fully saturated rings. The minimum Gasteiger partial charge on any atom is -0.478 e. The van der Waals surface area contributed by atoms with E-state index in [0.29, 0.717) is 5.88 Å². The van der Waals surface area contributed by atoms with Gasteiger partial charge in [0.1, 0.15) is 12.2 Å². The molecule has 1 heterocycles. The van der Waals surface area contributed by atoms with E-state index in [4.69, 9.17) is 14.6 Å². The third kappa shape index (κ3) is 8.70. The van der Waals surface area contributed by atoms with Gasteiger partial charge in [0.05, 0.1) is 6.54 Å². The second-order valence-electron chi connectivity index (χ2n) is 5.83. The van der Waals surface area contributed by atoms with Crippen molar-refractivity contribution < 1.29 is 24.2 Å². The molecule has 7 nitrogen and oxygen atoms in total. The van der Waals surface area contributed by atoms with Gasteiger partial charge in [-0.1, -0.05) is 6.08 Å². The Kier molecular flexibility index (Phi) is 7.96. The molecule has 1 rings (SSSR count). The molecule has 24 heavy (non-hydrogen) atoms. The van der Waals surface area contributed by atoms with E-state index in [1.165, 1.54) is 11.0 Å². The number of carboxylic acid groups (broad SMARTS) is 1. The molecule has 0 aromatic carbocycles. The fourth-order valence-electron chi connectivity index (χ4n) is 1.57. The van der Waals surface area contributed by atoms with Gasteiger partial charge in [0.2, 0.25) is 5.88 Å². The molecule has 0 spiro atoms. The number of carboxylic acids is 1. The Morgan fingerprint density at radius 3 is 2.62 bits per heavy atom. The Balaban J connectivity index is 2.61. The number of hydrogen-bond acceptors (Lipinski definition) is 5. The predicted octanol–water partition coefficient (Wildman–Crippen LogP) is 2.94. The van der Waals surface area contributed by atoms with Crippen LogP contribution in [0.5, 0.6) is 5.88 Å². The van der Waals surface area contributed by atoms with Gasteiger partial charge in [-0.15, -0.1) is 0 Å². The lowest BCUT2D eigenvalue weighted by molar-refractivity contribution is -0.131. The minimum atomic E-state index is -1.07. The number of hydrogen-bond donors (Lipinski definition) is 1. The first-order valence-corrected chi connectivity index (χ1v) is 8.37. The Bertz CT molecular complexity index is 581. The van der Waals surface area contributed by atoms with Gasteiger partial charge in [-0.2, -0.15) is 0 Å². The fourth-order valence-corrected chi connectivity index (χ4v) is 1.89. The number of amides is 1. The second kappa shape index (κ2) is 9.45. The maximum absolute atomic E-state index is 12.2. The number of nitrogens with zero attached hydrogens (tertiary/aromatic N) is 2. The fraction of sp³-hybridized carbons (Fsp3) is 0.438. The minimum absolute atomic E-state index is 0.116. The summed E-state index contributed by atoms with van der Waals surface area (Å²) in [6, 6.07) is 3.61. The maximum atomic E-state index is 12.2. The van der Waals surface area contributed by atoms with Crippen molar-refractivity contribution in [3.05, 3.63) is 34.1 Å². The molecule has 0 aliphatic heterocycles. The summed E-state index contributed by atoms with van der Waals surface area (Å²) in [5.41, 5.74) is -0.635. The number of carbonyl (C=O) groups excluding carboxylic acids is 1. The molecule has 0 aliphatic carbocycles. The molecule has 0 atom stereocenters. The highest BCUT2D eigenvalue weighted by molar-refractivity contribution is 14.1. The average Bonchev–Trinajstić information content (AvgIpc) is 2.45. The van der Waals surface area contributed by atoms with Gasteiger partial charge in [0.25, 0.3) is 0 Å². The lowest BCUT2D eigenvalue weighted by Crippen LogP contribution is -2.39. The molecule has 0 bridgehead atoms. The molecule has 0 saturated heterocycles. The SMILES string of the molecule is CC(C)(C)OC(=O)N(C/C=C/C(=O)O)CCOc1ccc(I)cn1. The van der Waals surface area contributed by atoms with Crippen molar-refractivity contribution in [1.82, 2.24) is 9.88 Å². The van der Waals surface area contributed by atoms with Gasteiger partial charge >= 0.3 is 12.1 Å². The molecule has 0 unspecified atom stereocenters. The summed E-state index contributed by atoms with van der Waals surface area (Å²) in [5, 5.41) is 8.64. The van der Waals surface area contributed by atoms with Crippen molar-refractivity contribution >= 4 is 34.7 Å². The standard InChI is InChI=1S/C16H21IN2O5/c1-16(2,3)24-15(22)19(8-4-5-14(20)21)9-10-23-13-7-6-12(17)11-18-13/h4-7,11H,8-10H2,1-3H3,(H,20,21)/b5-4+. The molecule has 1 amide bonds. The van der Waals surface area contributed by atoms with Gasteiger partial charge < -0.3 is 19.5 Å². The highest BCUT2D eigenvalue weighted by Gasteiger charge is 2.21. The van der Waals surface area contributed by atoms with Crippen molar-refractivity contribution in [3.8, 4) is 5.88 Å². The van der Waals surface area contributed by atoms with Crippen molar-refractivity contribution in [2.45, 2.75) is 26.4 Å². The molecule has 0 aliphatic rings. The highest BCUT2D eigenvalue weighted by atomic mass is 127. The second-order valence-corrected chi connectivity index (χ2v) is 7.08. The Morgan fingerprint density at radius 1 is 1.38 bits per heavy atom. The summed E-state index contributed by atoms with van der Waals surface area (Å²) in [6.07, 6.45) is 3.52. The van der Waals surface area contributed by atoms with Crippen LogP contribution in [0.3, 0.4) is 0 Å². The topological polar surface area (TPSA) is 89.0 Å². The zero-order valence-corrected chi connectivity index (χ0v) is 16.0. The van der Waals surface area contributed by atoms with E-state index in [0.717, 1.165) is 9.65 Å². The van der Waals surface area contributed by atoms with E-state index in [1.54, 1.807) is 33.0 Å². The van der Waals surface area contributed by atoms with Crippen LogP contribution >= 0.6 is 22.6 Å². The largest absolute Gasteiger partial charge is 0.478 e. The van der Waals surface area contributed by atoms with E-state index in [-0.39, 0.29) is 19.7 Å². The van der Waals surface area contributed by atoms with E-state index in [2.05, 4.69) is 27.6 Å². The number of ether oxygens (including phenoxy) is 2. The quantitative estimate of drug-likeness (QED) is 0.510. The van der Waals surface area contributed by atoms with Crippen molar-refractivity contribution in [2.24, 2.45) is 0 Å². The summed E-state index contributed by atoms with van der Waals surface area (Å²) in [4.78, 5) is 28.2. The number of carbonyl (C=O) groups is 2. The summed E-state index contributed by atoms with van der Waals surface area (Å²) in [5.74, 6) is -0.612. The molecule has 1 aromatic rings. The average molecular weight is 448 g/mol. The molecular weight excluding hydrogens is 427 g/mol. The zero-order valence-electron chi connectivity index (χ0n) is 13.9. The number of rotatable bonds is 7. The van der Waals surface area contributed by atoms with Crippen LogP contribution in [0.1, 0.15) is 20.8 Å². The van der Waals surface area contributed by atoms with Crippen molar-refractivity contribution in [1.29, 1.82) is 0 Å². The highest BCUT2D eigenvalue weighted by Crippen LogP contribution is 2.11. The lowest BCUT2D eigenvalue weighted by Gasteiger charge is -2.26. The zero-order chi connectivity index (χ0) is 18.2. The molecular formula is C16H21IN2O5. The van der Waals surface area contributed by atoms with Gasteiger partial charge in [-0.3, -0.25) is 0 Å². The van der Waals surface area contributed by atoms with Gasteiger partial charge in [0, 0.05) is 28.5 Å². The van der Waals surface area contributed by atoms with Crippen LogP contribution in [0.15, 0.2) is 30.5 Å². The van der Waals surface area contributed by atoms with E-state index in [9.17, 15) is 9.59 Å². The molecule has 1 N–H and O–H groups in total. The molecule has 0 radical (unpaired) electrons. The van der Waals surface area contributed by atoms with Crippen LogP contribution in [-0.4, -0.2) is 52.4 Å². The van der Waals surface area contributed by atoms with E-state index >= 15 is 0 Å². The van der Waals surface area contributed by atoms with Gasteiger partial charge in [-0.25, -0.2) is 14.6 Å². The Labute approximate surface area is 154 Å². The number of halogens is 1. The van der Waals surface area contributed by atoms with Crippen LogP contribution in [0, 0.1) is 3.57 Å². The van der Waals surface area contributed by atoms with Crippen LogP contribution in [0.2, 0.25) is 0 Å². The van der Waals surface area contributed by atoms with Crippen LogP contribution in [-0.2, 0) is 9.53 Å². The summed E-state index contributed by atoms with van der Waals surface area (Å²) in [6.45, 7) is 5.87. The van der Waals surface area contributed by atoms with Crippen LogP contribution < -0.4 is 4.74 Å². The van der Waals surface area contributed by atoms with Gasteiger partial charge in [0.15, 0.2) is 0 Å². The summed E-state index contributed by atoms with van der Waals surface area (Å²) >= 11 is 2.14. The monoisotopic (exact) mass is 448 g/mol. The van der Waals surface area contributed by atoms with Gasteiger partial charge in [-0.05, 0) is 49.4 Å². The third-order valence-corrected chi connectivity index (χ3v) is 3.19. The number of pyridine rings is 1. The predicted molar refractivity (Wildman–Crippen MR) is 97.0 cm³/mol. The summed E-state index contributed by atoms with van der Waals surface area (Å²) in [7, 11) is 0. The first-order valence-electron chi connectivity index (χ1n) is 7.29. The van der Waals surface area contributed by atoms with Crippen LogP contribution in [0.4, 0.5) is 4.79 Å². The first-order chi connectivity index (χ1) is 11.2. The smallest absolute Gasteiger partial charge is 0.410 e. The Hall–Kier alpha value is -1.84.